The number of carboxylic acids is 1. The van der Waals surface area contributed by atoms with E-state index in [1.807, 2.05) is 20.8 Å². The Morgan fingerprint density at radius 1 is 0.579 bits per heavy atom. The second-order valence-electron chi connectivity index (χ2n) is 17.6. The van der Waals surface area contributed by atoms with Gasteiger partial charge in [-0.2, -0.15) is 0 Å². The highest BCUT2D eigenvalue weighted by Gasteiger charge is 2.39. The number of hydrogen-bond donors (Lipinski definition) is 1. The number of rotatable bonds is 35. The number of carbonyl (C=O) groups is 3. The van der Waals surface area contributed by atoms with Crippen LogP contribution < -0.4 is 0 Å². The van der Waals surface area contributed by atoms with Crippen molar-refractivity contribution in [3.05, 3.63) is 48.6 Å². The highest BCUT2D eigenvalue weighted by molar-refractivity contribution is 5.72. The highest BCUT2D eigenvalue weighted by Crippen LogP contribution is 2.31. The summed E-state index contributed by atoms with van der Waals surface area (Å²) in [5, 5.41) is 9.56. The molecule has 1 rings (SSSR count). The molecule has 0 radical (unpaired) electrons. The second kappa shape index (κ2) is 35.1. The van der Waals surface area contributed by atoms with E-state index < -0.39 is 17.7 Å². The molecule has 0 aliphatic carbocycles. The lowest BCUT2D eigenvalue weighted by molar-refractivity contribution is -0.152. The average molecular weight is 798 g/mol. The molecule has 2 atom stereocenters. The van der Waals surface area contributed by atoms with E-state index in [1.54, 1.807) is 4.90 Å². The summed E-state index contributed by atoms with van der Waals surface area (Å²) >= 11 is 0. The number of amides is 1. The summed E-state index contributed by atoms with van der Waals surface area (Å²) in [6.07, 6.45) is 48.5. The molecule has 1 saturated heterocycles. The zero-order valence-corrected chi connectivity index (χ0v) is 37.5. The standard InChI is InChI=1S/C50H87NO6/c1-6-8-10-12-14-16-18-20-22-24-26-28-30-32-34-36-38-46(39-37-35-33-31-29-27-25-23-21-19-17-15-13-11-9-7-2)56-48(54)41-45-43-51(42-44(45)40-47(52)53)49(55)57-50(3,4)5/h14-17,20-23,44-46H,6-13,18-19,24-43H2,1-5H3,(H,52,53)/b16-14-,17-15-,22-20-,23-21-. The quantitative estimate of drug-likeness (QED) is 0.0390. The zero-order valence-electron chi connectivity index (χ0n) is 37.5. The van der Waals surface area contributed by atoms with Crippen LogP contribution in [0.4, 0.5) is 4.79 Å². The molecule has 7 nitrogen and oxygen atoms in total. The average Bonchev–Trinajstić information content (AvgIpc) is 3.54. The number of aliphatic carboxylic acids is 1. The van der Waals surface area contributed by atoms with Gasteiger partial charge in [0.25, 0.3) is 0 Å². The Balaban J connectivity index is 2.50. The number of carbonyl (C=O) groups excluding carboxylic acids is 2. The summed E-state index contributed by atoms with van der Waals surface area (Å²) in [7, 11) is 0. The fraction of sp³-hybridized carbons (Fsp3) is 0.780. The van der Waals surface area contributed by atoms with E-state index in [4.69, 9.17) is 9.47 Å². The normalized spacial score (nSPS) is 16.4. The molecule has 1 aliphatic heterocycles. The second-order valence-corrected chi connectivity index (χ2v) is 17.6. The molecule has 328 valence electrons. The first-order valence-electron chi connectivity index (χ1n) is 23.5. The Morgan fingerprint density at radius 3 is 1.37 bits per heavy atom. The van der Waals surface area contributed by atoms with E-state index in [0.717, 1.165) is 64.2 Å². The Labute approximate surface area is 350 Å². The molecular formula is C50H87NO6. The van der Waals surface area contributed by atoms with Crippen LogP contribution in [0, 0.1) is 11.8 Å². The van der Waals surface area contributed by atoms with Crippen LogP contribution in [0.15, 0.2) is 48.6 Å². The predicted molar refractivity (Wildman–Crippen MR) is 239 cm³/mol. The lowest BCUT2D eigenvalue weighted by Gasteiger charge is -2.24. The first-order valence-corrected chi connectivity index (χ1v) is 23.5. The Bertz CT molecular complexity index is 1090. The minimum atomic E-state index is -0.919. The van der Waals surface area contributed by atoms with E-state index in [0.29, 0.717) is 6.54 Å². The number of ether oxygens (including phenoxy) is 2. The van der Waals surface area contributed by atoms with Crippen molar-refractivity contribution >= 4 is 18.0 Å². The van der Waals surface area contributed by atoms with Gasteiger partial charge in [0.05, 0.1) is 12.8 Å². The summed E-state index contributed by atoms with van der Waals surface area (Å²) in [5.74, 6) is -1.75. The number of carboxylic acid groups (broad SMARTS) is 1. The summed E-state index contributed by atoms with van der Waals surface area (Å²) in [4.78, 5) is 39.4. The number of nitrogens with zero attached hydrogens (tertiary/aromatic N) is 1. The number of esters is 1. The molecular weight excluding hydrogens is 711 g/mol. The van der Waals surface area contributed by atoms with Crippen molar-refractivity contribution in [2.45, 2.75) is 226 Å². The largest absolute Gasteiger partial charge is 0.481 e. The summed E-state index contributed by atoms with van der Waals surface area (Å²) < 4.78 is 11.7. The molecule has 1 amide bonds. The van der Waals surface area contributed by atoms with Gasteiger partial charge in [-0.05, 0) is 122 Å². The fourth-order valence-corrected chi connectivity index (χ4v) is 7.53. The van der Waals surface area contributed by atoms with E-state index >= 15 is 0 Å². The lowest BCUT2D eigenvalue weighted by Crippen LogP contribution is -2.35. The van der Waals surface area contributed by atoms with Crippen LogP contribution in [0.1, 0.15) is 214 Å². The summed E-state index contributed by atoms with van der Waals surface area (Å²) in [5.41, 5.74) is -0.645. The number of unbranched alkanes of at least 4 members (excludes halogenated alkanes) is 18. The monoisotopic (exact) mass is 798 g/mol. The van der Waals surface area contributed by atoms with Gasteiger partial charge in [0, 0.05) is 13.1 Å². The topological polar surface area (TPSA) is 93.1 Å². The van der Waals surface area contributed by atoms with Crippen LogP contribution >= 0.6 is 0 Å². The molecule has 0 bridgehead atoms. The maximum atomic E-state index is 13.4. The van der Waals surface area contributed by atoms with E-state index in [-0.39, 0.29) is 43.3 Å². The van der Waals surface area contributed by atoms with Crippen molar-refractivity contribution < 1.29 is 29.0 Å². The zero-order chi connectivity index (χ0) is 41.8. The van der Waals surface area contributed by atoms with E-state index in [9.17, 15) is 19.5 Å². The number of allylic oxidation sites excluding steroid dienone is 8. The first-order chi connectivity index (χ1) is 27.6. The Kier molecular flexibility index (Phi) is 32.2. The molecule has 0 spiro atoms. The van der Waals surface area contributed by atoms with Gasteiger partial charge in [0.1, 0.15) is 11.7 Å². The van der Waals surface area contributed by atoms with Crippen LogP contribution in [0.25, 0.3) is 0 Å². The van der Waals surface area contributed by atoms with Crippen molar-refractivity contribution in [1.29, 1.82) is 0 Å². The van der Waals surface area contributed by atoms with Gasteiger partial charge in [0.15, 0.2) is 0 Å². The van der Waals surface area contributed by atoms with Crippen molar-refractivity contribution in [1.82, 2.24) is 4.90 Å². The maximum Gasteiger partial charge on any atom is 0.410 e. The van der Waals surface area contributed by atoms with Crippen LogP contribution in [0.3, 0.4) is 0 Å². The van der Waals surface area contributed by atoms with Crippen molar-refractivity contribution in [2.75, 3.05) is 13.1 Å². The van der Waals surface area contributed by atoms with Gasteiger partial charge in [-0.3, -0.25) is 9.59 Å². The van der Waals surface area contributed by atoms with Gasteiger partial charge in [-0.1, -0.05) is 140 Å². The van der Waals surface area contributed by atoms with Gasteiger partial charge < -0.3 is 19.5 Å². The van der Waals surface area contributed by atoms with Crippen molar-refractivity contribution in [3.8, 4) is 0 Å². The molecule has 0 aromatic heterocycles. The molecule has 1 heterocycles. The van der Waals surface area contributed by atoms with Crippen LogP contribution in [0.2, 0.25) is 0 Å². The third-order valence-electron chi connectivity index (χ3n) is 10.8. The predicted octanol–water partition coefficient (Wildman–Crippen LogP) is 14.7. The smallest absolute Gasteiger partial charge is 0.410 e. The van der Waals surface area contributed by atoms with Gasteiger partial charge in [-0.25, -0.2) is 4.79 Å². The molecule has 0 saturated carbocycles. The molecule has 7 heteroatoms. The molecule has 1 aliphatic rings. The SMILES string of the molecule is CCCCC/C=C\C/C=C\CCCCCCCCC(CCCCCCCC/C=C\C/C=C\CCCCC)OC(=O)CC1CN(C(=O)OC(C)(C)C)CC1CC(=O)O. The van der Waals surface area contributed by atoms with Gasteiger partial charge in [0.2, 0.25) is 0 Å². The van der Waals surface area contributed by atoms with Crippen molar-refractivity contribution in [2.24, 2.45) is 11.8 Å². The van der Waals surface area contributed by atoms with Crippen LogP contribution in [-0.4, -0.2) is 52.8 Å². The first kappa shape index (κ1) is 52.2. The maximum absolute atomic E-state index is 13.4. The third kappa shape index (κ3) is 31.8. The summed E-state index contributed by atoms with van der Waals surface area (Å²) in [6.45, 7) is 10.5. The Morgan fingerprint density at radius 2 is 0.965 bits per heavy atom. The van der Waals surface area contributed by atoms with Crippen LogP contribution in [-0.2, 0) is 19.1 Å². The van der Waals surface area contributed by atoms with Gasteiger partial charge >= 0.3 is 18.0 Å². The Hall–Kier alpha value is -2.83. The number of likely N-dealkylation sites (tertiary alicyclic amines) is 1. The minimum absolute atomic E-state index is 0.0830. The van der Waals surface area contributed by atoms with Crippen LogP contribution in [0.5, 0.6) is 0 Å². The van der Waals surface area contributed by atoms with Crippen molar-refractivity contribution in [3.63, 3.8) is 0 Å². The molecule has 1 N–H and O–H groups in total. The summed E-state index contributed by atoms with van der Waals surface area (Å²) in [6, 6.07) is 0. The lowest BCUT2D eigenvalue weighted by atomic mass is 9.90. The molecule has 0 aromatic carbocycles. The number of hydrogen-bond acceptors (Lipinski definition) is 5. The molecule has 57 heavy (non-hydrogen) atoms. The molecule has 2 unspecified atom stereocenters. The van der Waals surface area contributed by atoms with Gasteiger partial charge in [-0.15, -0.1) is 0 Å². The third-order valence-corrected chi connectivity index (χ3v) is 10.8. The van der Waals surface area contributed by atoms with E-state index in [2.05, 4.69) is 62.5 Å². The fourth-order valence-electron chi connectivity index (χ4n) is 7.53. The molecule has 0 aromatic rings. The minimum Gasteiger partial charge on any atom is -0.481 e. The highest BCUT2D eigenvalue weighted by atomic mass is 16.6. The van der Waals surface area contributed by atoms with E-state index in [1.165, 1.54) is 103 Å². The molecule has 1 fully saturated rings.